The Bertz CT molecular complexity index is 695. The van der Waals surface area contributed by atoms with Gasteiger partial charge in [-0.05, 0) is 18.9 Å². The number of hydrogen-bond donors (Lipinski definition) is 0. The molecule has 3 fully saturated rings. The van der Waals surface area contributed by atoms with Crippen LogP contribution in [0, 0.1) is 11.7 Å². The molecule has 3 aliphatic heterocycles. The van der Waals surface area contributed by atoms with Crippen LogP contribution in [0.15, 0.2) is 18.2 Å². The Labute approximate surface area is 153 Å². The number of nitrogens with zero attached hydrogens (tertiary/aromatic N) is 3. The van der Waals surface area contributed by atoms with Gasteiger partial charge in [-0.15, -0.1) is 0 Å². The number of carbonyl (C=O) groups is 2. The first-order chi connectivity index (χ1) is 12.4. The van der Waals surface area contributed by atoms with E-state index in [0.717, 1.165) is 12.8 Å². The number of likely N-dealkylation sites (N-methyl/N-ethyl adjacent to an activating group) is 1. The summed E-state index contributed by atoms with van der Waals surface area (Å²) in [5.41, 5.74) is 0.593. The normalized spacial score (nSPS) is 23.1. The summed E-state index contributed by atoms with van der Waals surface area (Å²) in [6.45, 7) is 1.84. The fourth-order valence-electron chi connectivity index (χ4n) is 3.78. The van der Waals surface area contributed by atoms with Gasteiger partial charge in [0.15, 0.2) is 0 Å². The quantitative estimate of drug-likeness (QED) is 0.792. The summed E-state index contributed by atoms with van der Waals surface area (Å²) in [7, 11) is 4.90. The number of amides is 2. The third-order valence-electron chi connectivity index (χ3n) is 5.33. The Hall–Kier alpha value is -2.15. The van der Waals surface area contributed by atoms with E-state index < -0.39 is 0 Å². The lowest BCUT2D eigenvalue weighted by Crippen LogP contribution is -2.51. The van der Waals surface area contributed by atoms with Crippen molar-refractivity contribution in [2.75, 3.05) is 40.8 Å². The van der Waals surface area contributed by atoms with Crippen molar-refractivity contribution in [3.05, 3.63) is 29.6 Å². The number of carbonyl (C=O) groups excluding carboxylic acids is 2. The number of methoxy groups -OCH3 is 1. The van der Waals surface area contributed by atoms with Gasteiger partial charge in [0, 0.05) is 51.4 Å². The highest BCUT2D eigenvalue weighted by molar-refractivity contribution is 5.86. The molecule has 142 valence electrons. The van der Waals surface area contributed by atoms with Gasteiger partial charge in [-0.2, -0.15) is 0 Å². The van der Waals surface area contributed by atoms with E-state index in [9.17, 15) is 14.0 Å². The van der Waals surface area contributed by atoms with Crippen molar-refractivity contribution in [1.82, 2.24) is 14.7 Å². The molecule has 0 aromatic heterocycles. The largest absolute Gasteiger partial charge is 0.497 e. The maximum absolute atomic E-state index is 14.3. The Morgan fingerprint density at radius 1 is 1.31 bits per heavy atom. The fraction of sp³-hybridized carbons (Fsp3) is 0.579. The number of benzene rings is 1. The molecule has 3 heterocycles. The molecule has 3 aliphatic rings. The first-order valence-corrected chi connectivity index (χ1v) is 8.94. The highest BCUT2D eigenvalue weighted by Crippen LogP contribution is 2.30. The minimum Gasteiger partial charge on any atom is -0.497 e. The van der Waals surface area contributed by atoms with E-state index in [1.165, 1.54) is 18.1 Å². The smallest absolute Gasteiger partial charge is 0.241 e. The van der Waals surface area contributed by atoms with Gasteiger partial charge in [0.2, 0.25) is 11.8 Å². The van der Waals surface area contributed by atoms with Crippen molar-refractivity contribution in [3.8, 4) is 5.75 Å². The van der Waals surface area contributed by atoms with Crippen LogP contribution in [0.2, 0.25) is 0 Å². The van der Waals surface area contributed by atoms with Gasteiger partial charge in [0.25, 0.3) is 0 Å². The lowest BCUT2D eigenvalue weighted by molar-refractivity contribution is -0.145. The third kappa shape index (κ3) is 3.82. The Morgan fingerprint density at radius 2 is 2.08 bits per heavy atom. The molecule has 0 N–H and O–H groups in total. The summed E-state index contributed by atoms with van der Waals surface area (Å²) in [5.74, 6) is 0.0514. The molecule has 1 aromatic rings. The molecular weight excluding hydrogens is 337 g/mol. The molecule has 0 radical (unpaired) electrons. The lowest BCUT2D eigenvalue weighted by atomic mass is 9.94. The molecule has 3 saturated heterocycles. The van der Waals surface area contributed by atoms with Gasteiger partial charge < -0.3 is 14.5 Å². The molecular formula is C19H26FN3O3. The maximum atomic E-state index is 14.3. The summed E-state index contributed by atoms with van der Waals surface area (Å²) < 4.78 is 19.3. The lowest BCUT2D eigenvalue weighted by Gasteiger charge is -2.36. The van der Waals surface area contributed by atoms with Crippen molar-refractivity contribution >= 4 is 11.8 Å². The second-order valence-electron chi connectivity index (χ2n) is 7.33. The Kier molecular flexibility index (Phi) is 5.46. The highest BCUT2D eigenvalue weighted by atomic mass is 19.1. The number of rotatable bonds is 5. The molecule has 2 bridgehead atoms. The fourth-order valence-corrected chi connectivity index (χ4v) is 3.78. The average Bonchev–Trinajstić information content (AvgIpc) is 2.88. The van der Waals surface area contributed by atoms with Gasteiger partial charge in [-0.3, -0.25) is 14.5 Å². The van der Waals surface area contributed by atoms with E-state index in [1.807, 2.05) is 0 Å². The van der Waals surface area contributed by atoms with E-state index in [1.54, 1.807) is 31.1 Å². The second-order valence-corrected chi connectivity index (χ2v) is 7.33. The van der Waals surface area contributed by atoms with Crippen LogP contribution < -0.4 is 4.74 Å². The zero-order chi connectivity index (χ0) is 18.8. The van der Waals surface area contributed by atoms with Crippen LogP contribution in [0.1, 0.15) is 18.4 Å². The Balaban J connectivity index is 1.73. The molecule has 26 heavy (non-hydrogen) atoms. The monoisotopic (exact) mass is 363 g/mol. The molecule has 6 nitrogen and oxygen atoms in total. The summed E-state index contributed by atoms with van der Waals surface area (Å²) in [4.78, 5) is 30.2. The summed E-state index contributed by atoms with van der Waals surface area (Å²) >= 11 is 0. The van der Waals surface area contributed by atoms with E-state index in [-0.39, 0.29) is 36.1 Å². The van der Waals surface area contributed by atoms with Crippen LogP contribution in [0.25, 0.3) is 0 Å². The minimum absolute atomic E-state index is 0.00598. The first-order valence-electron chi connectivity index (χ1n) is 8.94. The molecule has 7 heteroatoms. The third-order valence-corrected chi connectivity index (χ3v) is 5.33. The van der Waals surface area contributed by atoms with Crippen LogP contribution in [0.4, 0.5) is 4.39 Å². The summed E-state index contributed by atoms with van der Waals surface area (Å²) in [6.07, 6.45) is 1.72. The van der Waals surface area contributed by atoms with Crippen LogP contribution in [-0.2, 0) is 16.1 Å². The minimum atomic E-state index is -0.299. The van der Waals surface area contributed by atoms with Crippen molar-refractivity contribution in [2.24, 2.45) is 5.92 Å². The summed E-state index contributed by atoms with van der Waals surface area (Å²) in [6, 6.07) is 4.87. The average molecular weight is 363 g/mol. The number of piperidine rings is 1. The molecule has 2 amide bonds. The van der Waals surface area contributed by atoms with E-state index in [4.69, 9.17) is 4.74 Å². The second kappa shape index (κ2) is 7.61. The Morgan fingerprint density at radius 3 is 2.73 bits per heavy atom. The van der Waals surface area contributed by atoms with E-state index in [2.05, 4.69) is 4.90 Å². The van der Waals surface area contributed by atoms with Crippen molar-refractivity contribution in [1.29, 1.82) is 0 Å². The van der Waals surface area contributed by atoms with Gasteiger partial charge in [-0.25, -0.2) is 4.39 Å². The molecule has 0 spiro atoms. The van der Waals surface area contributed by atoms with E-state index >= 15 is 0 Å². The van der Waals surface area contributed by atoms with Crippen LogP contribution >= 0.6 is 0 Å². The molecule has 4 rings (SSSR count). The predicted molar refractivity (Wildman–Crippen MR) is 95.1 cm³/mol. The maximum Gasteiger partial charge on any atom is 0.241 e. The zero-order valence-electron chi connectivity index (χ0n) is 15.6. The number of hydrogen-bond acceptors (Lipinski definition) is 4. The molecule has 1 aromatic carbocycles. The van der Waals surface area contributed by atoms with Crippen LogP contribution in [-0.4, -0.2) is 73.4 Å². The topological polar surface area (TPSA) is 53.1 Å². The number of ether oxygens (including phenoxy) is 1. The van der Waals surface area contributed by atoms with Crippen molar-refractivity contribution in [3.63, 3.8) is 0 Å². The molecule has 0 unspecified atom stereocenters. The van der Waals surface area contributed by atoms with Gasteiger partial charge >= 0.3 is 0 Å². The van der Waals surface area contributed by atoms with E-state index in [0.29, 0.717) is 30.9 Å². The van der Waals surface area contributed by atoms with Gasteiger partial charge in [0.05, 0.1) is 13.0 Å². The molecule has 0 aliphatic carbocycles. The van der Waals surface area contributed by atoms with Crippen LogP contribution in [0.5, 0.6) is 5.75 Å². The standard InChI is InChI=1S/C19H26FN3O3/c1-21(2)18(24)12-23-15-6-4-14(19(23)25)10-22(11-15)9-13-5-7-16(26-3)8-17(13)20/h5,7-8,14-15H,4,6,9-12H2,1-3H3/t14-,15+/m0/s1. The SMILES string of the molecule is COc1ccc(CN2C[C@@H]3CC[C@H](C2)N(CC(=O)N(C)C)C3=O)c(F)c1. The van der Waals surface area contributed by atoms with Gasteiger partial charge in [-0.1, -0.05) is 6.07 Å². The highest BCUT2D eigenvalue weighted by Gasteiger charge is 2.41. The summed E-state index contributed by atoms with van der Waals surface area (Å²) in [5, 5.41) is 0. The van der Waals surface area contributed by atoms with Crippen molar-refractivity contribution < 1.29 is 18.7 Å². The predicted octanol–water partition coefficient (Wildman–Crippen LogP) is 1.35. The van der Waals surface area contributed by atoms with Crippen LogP contribution in [0.3, 0.4) is 0 Å². The number of fused-ring (bicyclic) bond motifs is 4. The number of halogens is 1. The van der Waals surface area contributed by atoms with Crippen molar-refractivity contribution in [2.45, 2.75) is 25.4 Å². The molecule has 0 saturated carbocycles. The molecule has 2 atom stereocenters. The van der Waals surface area contributed by atoms with Gasteiger partial charge in [0.1, 0.15) is 18.1 Å². The zero-order valence-corrected chi connectivity index (χ0v) is 15.6. The first kappa shape index (κ1) is 18.6.